The molecule has 2 N–H and O–H groups in total. The van der Waals surface area contributed by atoms with Crippen molar-refractivity contribution in [2.75, 3.05) is 26.2 Å². The molecular formula is C22H30N2O5. The highest BCUT2D eigenvalue weighted by Gasteiger charge is 2.49. The number of nitrogens with one attached hydrogen (secondary N) is 1. The molecule has 1 aromatic carbocycles. The molecule has 0 spiro atoms. The Hall–Kier alpha value is -2.25. The Balaban J connectivity index is 1.52. The van der Waals surface area contributed by atoms with Crippen molar-refractivity contribution in [3.63, 3.8) is 0 Å². The minimum Gasteiger partial charge on any atom is -0.480 e. The van der Waals surface area contributed by atoms with E-state index in [1.807, 2.05) is 35.2 Å². The summed E-state index contributed by atoms with van der Waals surface area (Å²) in [6, 6.07) is 9.09. The summed E-state index contributed by atoms with van der Waals surface area (Å²) in [5.74, 6) is -1.66. The van der Waals surface area contributed by atoms with E-state index in [0.29, 0.717) is 38.8 Å². The number of Topliss-reactive ketones (excluding diaryl/α,β-unsaturated/α-hetero) is 1. The van der Waals surface area contributed by atoms with Crippen molar-refractivity contribution in [1.82, 2.24) is 10.2 Å². The van der Waals surface area contributed by atoms with Crippen molar-refractivity contribution in [1.29, 1.82) is 0 Å². The number of aliphatic carboxylic acids is 1. The lowest BCUT2D eigenvalue weighted by molar-refractivity contribution is -0.158. The van der Waals surface area contributed by atoms with Crippen LogP contribution in [0.15, 0.2) is 30.3 Å². The van der Waals surface area contributed by atoms with E-state index in [1.165, 1.54) is 0 Å². The van der Waals surface area contributed by atoms with Gasteiger partial charge >= 0.3 is 11.9 Å². The maximum atomic E-state index is 13.1. The van der Waals surface area contributed by atoms with Crippen LogP contribution in [-0.4, -0.2) is 59.9 Å². The predicted molar refractivity (Wildman–Crippen MR) is 107 cm³/mol. The average molecular weight is 402 g/mol. The van der Waals surface area contributed by atoms with Crippen LogP contribution >= 0.6 is 0 Å². The van der Waals surface area contributed by atoms with E-state index in [1.54, 1.807) is 6.92 Å². The van der Waals surface area contributed by atoms with Gasteiger partial charge in [0.2, 0.25) is 0 Å². The van der Waals surface area contributed by atoms with Gasteiger partial charge in [-0.3, -0.25) is 19.3 Å². The molecule has 158 valence electrons. The van der Waals surface area contributed by atoms with E-state index in [2.05, 4.69) is 5.32 Å². The molecule has 0 amide bonds. The minimum atomic E-state index is -1.34. The molecule has 3 rings (SSSR count). The third kappa shape index (κ3) is 4.85. The third-order valence-corrected chi connectivity index (χ3v) is 6.28. The number of hydrogen-bond acceptors (Lipinski definition) is 6. The first-order valence-electron chi connectivity index (χ1n) is 10.4. The highest BCUT2D eigenvalue weighted by atomic mass is 16.5. The van der Waals surface area contributed by atoms with Crippen LogP contribution in [0.3, 0.4) is 0 Å². The van der Waals surface area contributed by atoms with Gasteiger partial charge in [0.25, 0.3) is 0 Å². The Labute approximate surface area is 171 Å². The molecule has 29 heavy (non-hydrogen) atoms. The molecule has 2 heterocycles. The Bertz CT molecular complexity index is 722. The summed E-state index contributed by atoms with van der Waals surface area (Å²) >= 11 is 0. The fourth-order valence-electron chi connectivity index (χ4n) is 4.34. The molecule has 2 unspecified atom stereocenters. The van der Waals surface area contributed by atoms with Gasteiger partial charge < -0.3 is 15.2 Å². The lowest BCUT2D eigenvalue weighted by Gasteiger charge is -2.39. The van der Waals surface area contributed by atoms with Crippen molar-refractivity contribution in [2.45, 2.75) is 45.3 Å². The van der Waals surface area contributed by atoms with Gasteiger partial charge in [-0.2, -0.15) is 0 Å². The zero-order valence-electron chi connectivity index (χ0n) is 16.9. The van der Waals surface area contributed by atoms with Crippen LogP contribution in [-0.2, 0) is 25.7 Å². The fourth-order valence-corrected chi connectivity index (χ4v) is 4.34. The molecule has 0 aromatic heterocycles. The predicted octanol–water partition coefficient (Wildman–Crippen LogP) is 1.85. The molecule has 2 saturated heterocycles. The summed E-state index contributed by atoms with van der Waals surface area (Å²) < 4.78 is 5.44. The van der Waals surface area contributed by atoms with E-state index in [-0.39, 0.29) is 30.8 Å². The van der Waals surface area contributed by atoms with Crippen molar-refractivity contribution >= 4 is 17.7 Å². The molecule has 0 radical (unpaired) electrons. The molecule has 2 aliphatic rings. The van der Waals surface area contributed by atoms with E-state index >= 15 is 0 Å². The molecule has 7 heteroatoms. The largest absolute Gasteiger partial charge is 0.480 e. The molecule has 2 atom stereocenters. The maximum absolute atomic E-state index is 13.1. The van der Waals surface area contributed by atoms with Gasteiger partial charge in [-0.15, -0.1) is 0 Å². The van der Waals surface area contributed by atoms with Crippen molar-refractivity contribution in [2.24, 2.45) is 11.3 Å². The highest BCUT2D eigenvalue weighted by molar-refractivity contribution is 6.06. The van der Waals surface area contributed by atoms with E-state index in [0.717, 1.165) is 12.1 Å². The van der Waals surface area contributed by atoms with Crippen LogP contribution in [0.4, 0.5) is 0 Å². The van der Waals surface area contributed by atoms with Crippen molar-refractivity contribution in [3.05, 3.63) is 35.9 Å². The van der Waals surface area contributed by atoms with E-state index in [9.17, 15) is 19.5 Å². The number of nitrogens with zero attached hydrogens (tertiary/aromatic N) is 1. The summed E-state index contributed by atoms with van der Waals surface area (Å²) in [5, 5.41) is 12.8. The molecule has 2 aliphatic heterocycles. The Kier molecular flexibility index (Phi) is 7.03. The number of esters is 1. The van der Waals surface area contributed by atoms with Gasteiger partial charge in [0.05, 0.1) is 12.0 Å². The first kappa shape index (κ1) is 21.5. The number of likely N-dealkylation sites (tertiary alicyclic amines) is 1. The van der Waals surface area contributed by atoms with Gasteiger partial charge in [0.1, 0.15) is 12.0 Å². The number of carbonyl (C=O) groups is 3. The van der Waals surface area contributed by atoms with Crippen LogP contribution in [0, 0.1) is 11.3 Å². The van der Waals surface area contributed by atoms with Gasteiger partial charge in [-0.25, -0.2) is 0 Å². The molecule has 0 bridgehead atoms. The smallest absolute Gasteiger partial charge is 0.318 e. The Morgan fingerprint density at radius 1 is 1.24 bits per heavy atom. The average Bonchev–Trinajstić information content (AvgIpc) is 2.77. The molecule has 1 aromatic rings. The zero-order valence-corrected chi connectivity index (χ0v) is 16.9. The number of rotatable bonds is 7. The minimum absolute atomic E-state index is 0.179. The second kappa shape index (κ2) is 9.50. The molecule has 2 fully saturated rings. The van der Waals surface area contributed by atoms with E-state index < -0.39 is 17.4 Å². The first-order valence-corrected chi connectivity index (χ1v) is 10.4. The number of piperidine rings is 2. The molecule has 7 nitrogen and oxygen atoms in total. The number of ketones is 1. The number of carbonyl (C=O) groups excluding carboxylic acids is 2. The van der Waals surface area contributed by atoms with Crippen LogP contribution in [0.1, 0.15) is 38.2 Å². The Morgan fingerprint density at radius 3 is 2.52 bits per heavy atom. The summed E-state index contributed by atoms with van der Waals surface area (Å²) in [4.78, 5) is 39.4. The number of carboxylic acid groups (broad SMARTS) is 1. The summed E-state index contributed by atoms with van der Waals surface area (Å²) in [6.07, 6.45) is 2.29. The van der Waals surface area contributed by atoms with Crippen LogP contribution in [0.5, 0.6) is 0 Å². The second-order valence-corrected chi connectivity index (χ2v) is 8.11. The molecular weight excluding hydrogens is 372 g/mol. The van der Waals surface area contributed by atoms with Crippen LogP contribution in [0.25, 0.3) is 0 Å². The first-order chi connectivity index (χ1) is 13.9. The highest BCUT2D eigenvalue weighted by Crippen LogP contribution is 2.31. The second-order valence-electron chi connectivity index (χ2n) is 8.11. The van der Waals surface area contributed by atoms with Gasteiger partial charge in [-0.1, -0.05) is 30.3 Å². The summed E-state index contributed by atoms with van der Waals surface area (Å²) in [5.41, 5.74) is -0.388. The zero-order chi connectivity index (χ0) is 20.9. The van der Waals surface area contributed by atoms with Crippen molar-refractivity contribution < 1.29 is 24.2 Å². The lowest BCUT2D eigenvalue weighted by Crippen LogP contribution is -2.57. The normalized spacial score (nSPS) is 24.6. The SMILES string of the molecule is CC(C(=O)C1(C(=O)O)CCCNC1)N1CCC(C(=O)OCc2ccccc2)CC1. The number of benzene rings is 1. The van der Waals surface area contributed by atoms with Gasteiger partial charge in [-0.05, 0) is 57.8 Å². The van der Waals surface area contributed by atoms with Crippen molar-refractivity contribution in [3.8, 4) is 0 Å². The van der Waals surface area contributed by atoms with Gasteiger partial charge in [0.15, 0.2) is 5.78 Å². The number of ether oxygens (including phenoxy) is 1. The number of carboxylic acids is 1. The van der Waals surface area contributed by atoms with Gasteiger partial charge in [0, 0.05) is 6.54 Å². The summed E-state index contributed by atoms with van der Waals surface area (Å²) in [6.45, 7) is 4.15. The standard InChI is InChI=1S/C22H30N2O5/c1-16(19(25)22(21(27)28)10-5-11-23-15-22)24-12-8-18(9-13-24)20(26)29-14-17-6-3-2-4-7-17/h2-4,6-7,16,18,23H,5,8-15H2,1H3,(H,27,28). The van der Waals surface area contributed by atoms with Crippen LogP contribution in [0.2, 0.25) is 0 Å². The molecule has 0 aliphatic carbocycles. The van der Waals surface area contributed by atoms with E-state index in [4.69, 9.17) is 4.74 Å². The Morgan fingerprint density at radius 2 is 1.93 bits per heavy atom. The fraction of sp³-hybridized carbons (Fsp3) is 0.591. The third-order valence-electron chi connectivity index (χ3n) is 6.28. The maximum Gasteiger partial charge on any atom is 0.318 e. The summed E-state index contributed by atoms with van der Waals surface area (Å²) in [7, 11) is 0. The monoisotopic (exact) mass is 402 g/mol. The topological polar surface area (TPSA) is 95.9 Å². The molecule has 0 saturated carbocycles. The quantitative estimate of drug-likeness (QED) is 0.531. The lowest BCUT2D eigenvalue weighted by atomic mass is 9.74. The van der Waals surface area contributed by atoms with Crippen LogP contribution < -0.4 is 5.32 Å². The number of hydrogen-bond donors (Lipinski definition) is 2.